The topological polar surface area (TPSA) is 127 Å². The number of nitrogens with one attached hydrogen (secondary N) is 2. The summed E-state index contributed by atoms with van der Waals surface area (Å²) in [5.41, 5.74) is 0.317. The second-order valence-corrected chi connectivity index (χ2v) is 17.8. The molecule has 1 atom stereocenters. The zero-order valence-corrected chi connectivity index (χ0v) is 31.6. The lowest BCUT2D eigenvalue weighted by atomic mass is 9.49. The number of ether oxygens (including phenoxy) is 2. The van der Waals surface area contributed by atoms with Crippen molar-refractivity contribution in [3.05, 3.63) is 30.5 Å². The molecule has 3 heterocycles. The molecule has 286 valence electrons. The second kappa shape index (κ2) is 15.5. The maximum absolute atomic E-state index is 14.0. The molecule has 11 nitrogen and oxygen atoms in total. The zero-order chi connectivity index (χ0) is 36.5. The van der Waals surface area contributed by atoms with Crippen molar-refractivity contribution in [1.29, 1.82) is 0 Å². The first-order valence-electron chi connectivity index (χ1n) is 20.1. The summed E-state index contributed by atoms with van der Waals surface area (Å²) in [4.78, 5) is 49.2. The fraction of sp³-hybridized carbons (Fsp3) is 0.732. The number of amides is 4. The van der Waals surface area contributed by atoms with Crippen molar-refractivity contribution < 1.29 is 29.0 Å². The number of urea groups is 1. The average Bonchev–Trinajstić information content (AvgIpc) is 3.60. The molecule has 8 rings (SSSR count). The van der Waals surface area contributed by atoms with Crippen LogP contribution in [-0.2, 0) is 9.53 Å². The monoisotopic (exact) mass is 719 g/mol. The van der Waals surface area contributed by atoms with Gasteiger partial charge in [0.2, 0.25) is 5.91 Å². The minimum absolute atomic E-state index is 0.0520. The number of piperidine rings is 2. The predicted octanol–water partition coefficient (Wildman–Crippen LogP) is 6.41. The molecule has 6 fully saturated rings. The number of H-pyrrole nitrogens is 1. The Labute approximate surface area is 309 Å². The number of hydrogen-bond acceptors (Lipinski definition) is 6. The maximum atomic E-state index is 14.0. The van der Waals surface area contributed by atoms with Crippen LogP contribution in [0.4, 0.5) is 9.59 Å². The molecule has 0 radical (unpaired) electrons. The van der Waals surface area contributed by atoms with Gasteiger partial charge in [0.25, 0.3) is 0 Å². The molecule has 4 saturated carbocycles. The number of carbonyl (C=O) groups excluding carboxylic acids is 3. The van der Waals surface area contributed by atoms with Crippen LogP contribution in [0.3, 0.4) is 0 Å². The number of aromatic nitrogens is 1. The van der Waals surface area contributed by atoms with Crippen LogP contribution >= 0.6 is 0 Å². The number of hydrogen-bond donors (Lipinski definition) is 3. The van der Waals surface area contributed by atoms with Crippen LogP contribution in [0.5, 0.6) is 5.75 Å². The summed E-state index contributed by atoms with van der Waals surface area (Å²) < 4.78 is 11.4. The minimum Gasteiger partial charge on any atom is -0.490 e. The molecule has 4 aliphatic carbocycles. The van der Waals surface area contributed by atoms with Crippen LogP contribution in [0.15, 0.2) is 30.5 Å². The van der Waals surface area contributed by atoms with Gasteiger partial charge in [-0.25, -0.2) is 9.59 Å². The Morgan fingerprint density at radius 2 is 1.56 bits per heavy atom. The number of alkyl carbamates (subject to hydrolysis) is 1. The second-order valence-electron chi connectivity index (χ2n) is 17.8. The number of likely N-dealkylation sites (tertiary alicyclic amines) is 2. The van der Waals surface area contributed by atoms with Crippen LogP contribution in [0.25, 0.3) is 10.9 Å². The molecule has 1 unspecified atom stereocenters. The van der Waals surface area contributed by atoms with E-state index >= 15 is 0 Å². The van der Waals surface area contributed by atoms with E-state index in [9.17, 15) is 19.5 Å². The lowest BCUT2D eigenvalue weighted by molar-refractivity contribution is -0.159. The van der Waals surface area contributed by atoms with E-state index in [-0.39, 0.29) is 24.6 Å². The Balaban J connectivity index is 0.896. The van der Waals surface area contributed by atoms with Crippen molar-refractivity contribution in [2.45, 2.75) is 103 Å². The number of aliphatic hydroxyl groups is 1. The summed E-state index contributed by atoms with van der Waals surface area (Å²) in [5, 5.41) is 14.8. The number of carbonyl (C=O) groups is 3. The molecule has 11 heteroatoms. The van der Waals surface area contributed by atoms with Gasteiger partial charge in [0.1, 0.15) is 24.1 Å². The number of rotatable bonds is 11. The van der Waals surface area contributed by atoms with Crippen LogP contribution in [0.1, 0.15) is 91.4 Å². The number of fused-ring (bicyclic) bond motifs is 1. The summed E-state index contributed by atoms with van der Waals surface area (Å²) in [6.45, 7) is 9.52. The Bertz CT molecular complexity index is 1520. The summed E-state index contributed by atoms with van der Waals surface area (Å²) in [6, 6.07) is 7.62. The van der Waals surface area contributed by atoms with E-state index in [2.05, 4.69) is 15.2 Å². The molecule has 1 aromatic heterocycles. The van der Waals surface area contributed by atoms with E-state index in [0.717, 1.165) is 86.7 Å². The highest BCUT2D eigenvalue weighted by Crippen LogP contribution is 2.60. The third-order valence-corrected chi connectivity index (χ3v) is 12.8. The Hall–Kier alpha value is -3.47. The summed E-state index contributed by atoms with van der Waals surface area (Å²) in [7, 11) is 0. The maximum Gasteiger partial charge on any atom is 0.407 e. The molecular formula is C41H61N5O6. The average molecular weight is 720 g/mol. The van der Waals surface area contributed by atoms with Crippen molar-refractivity contribution in [1.82, 2.24) is 25.0 Å². The molecule has 52 heavy (non-hydrogen) atoms. The number of aliphatic hydroxyl groups excluding tert-OH is 1. The number of nitrogens with zero attached hydrogens (tertiary/aromatic N) is 3. The Morgan fingerprint density at radius 1 is 0.942 bits per heavy atom. The van der Waals surface area contributed by atoms with E-state index in [1.54, 1.807) is 4.90 Å². The van der Waals surface area contributed by atoms with E-state index in [0.29, 0.717) is 56.1 Å². The minimum atomic E-state index is -0.888. The van der Waals surface area contributed by atoms with Crippen LogP contribution in [-0.4, -0.2) is 107 Å². The van der Waals surface area contributed by atoms with Gasteiger partial charge in [-0.1, -0.05) is 6.07 Å². The highest BCUT2D eigenvalue weighted by atomic mass is 16.6. The van der Waals surface area contributed by atoms with Gasteiger partial charge >= 0.3 is 12.1 Å². The largest absolute Gasteiger partial charge is 0.490 e. The molecule has 2 saturated heterocycles. The first-order valence-corrected chi connectivity index (χ1v) is 20.1. The lowest BCUT2D eigenvalue weighted by Gasteiger charge is -2.57. The van der Waals surface area contributed by atoms with Gasteiger partial charge in [-0.2, -0.15) is 0 Å². The van der Waals surface area contributed by atoms with Gasteiger partial charge < -0.3 is 39.6 Å². The van der Waals surface area contributed by atoms with E-state index in [4.69, 9.17) is 9.47 Å². The van der Waals surface area contributed by atoms with Gasteiger partial charge in [-0.3, -0.25) is 4.79 Å². The quantitative estimate of drug-likeness (QED) is 0.231. The fourth-order valence-corrected chi connectivity index (χ4v) is 10.8. The first kappa shape index (κ1) is 36.9. The SMILES string of the molecule is CC(C)(C)OC(=O)NCCCN(CC(O)COc1cccc2[nH]ccc12)C(=O)N1CCC(C2CCN(C(=O)C34CC5CC(CC(C5)C3)C4)CC2)CC1. The van der Waals surface area contributed by atoms with E-state index in [1.165, 1.54) is 19.3 Å². The molecule has 4 amide bonds. The lowest BCUT2D eigenvalue weighted by Crippen LogP contribution is -2.56. The summed E-state index contributed by atoms with van der Waals surface area (Å²) >= 11 is 0. The Morgan fingerprint density at radius 3 is 2.17 bits per heavy atom. The fourth-order valence-electron chi connectivity index (χ4n) is 10.8. The molecule has 2 aromatic rings. The first-order chi connectivity index (χ1) is 24.9. The zero-order valence-electron chi connectivity index (χ0n) is 31.6. The molecule has 1 aromatic carbocycles. The van der Waals surface area contributed by atoms with Crippen LogP contribution < -0.4 is 10.1 Å². The normalized spacial score (nSPS) is 27.1. The van der Waals surface area contributed by atoms with Crippen molar-refractivity contribution in [3.63, 3.8) is 0 Å². The van der Waals surface area contributed by atoms with Crippen molar-refractivity contribution in [3.8, 4) is 5.75 Å². The Kier molecular flexibility index (Phi) is 11.0. The number of aromatic amines is 1. The van der Waals surface area contributed by atoms with Crippen LogP contribution in [0, 0.1) is 35.0 Å². The van der Waals surface area contributed by atoms with Gasteiger partial charge in [0.05, 0.1) is 12.0 Å². The molecule has 4 bridgehead atoms. The number of benzene rings is 1. The van der Waals surface area contributed by atoms with Gasteiger partial charge in [-0.15, -0.1) is 0 Å². The van der Waals surface area contributed by atoms with Gasteiger partial charge in [0, 0.05) is 56.4 Å². The van der Waals surface area contributed by atoms with Gasteiger partial charge in [-0.05, 0) is 139 Å². The van der Waals surface area contributed by atoms with Crippen LogP contribution in [0.2, 0.25) is 0 Å². The molecule has 0 spiro atoms. The van der Waals surface area contributed by atoms with Crippen molar-refractivity contribution in [2.24, 2.45) is 35.0 Å². The van der Waals surface area contributed by atoms with Crippen molar-refractivity contribution in [2.75, 3.05) is 52.4 Å². The summed E-state index contributed by atoms with van der Waals surface area (Å²) in [6.07, 6.45) is 12.5. The molecular weight excluding hydrogens is 658 g/mol. The third-order valence-electron chi connectivity index (χ3n) is 12.8. The van der Waals surface area contributed by atoms with E-state index in [1.807, 2.05) is 56.1 Å². The summed E-state index contributed by atoms with van der Waals surface area (Å²) in [5.74, 6) is 4.66. The van der Waals surface area contributed by atoms with Crippen molar-refractivity contribution >= 4 is 28.9 Å². The van der Waals surface area contributed by atoms with Gasteiger partial charge in [0.15, 0.2) is 0 Å². The molecule has 2 aliphatic heterocycles. The van der Waals surface area contributed by atoms with E-state index < -0.39 is 17.8 Å². The smallest absolute Gasteiger partial charge is 0.407 e. The highest BCUT2D eigenvalue weighted by molar-refractivity contribution is 5.85. The highest BCUT2D eigenvalue weighted by Gasteiger charge is 2.55. The third kappa shape index (κ3) is 8.50. The molecule has 6 aliphatic rings. The molecule has 3 N–H and O–H groups in total. The predicted molar refractivity (Wildman–Crippen MR) is 200 cm³/mol. The standard InChI is InChI=1S/C41H61N5O6/c1-40(2,3)52-38(49)43-13-5-15-46(26-33(47)27-51-36-7-4-6-35-34(36)8-14-42-35)39(50)45-18-11-32(12-19-45)31-9-16-44(17-10-31)37(48)41-23-28-20-29(24-41)22-30(21-28)25-41/h4,6-8,14,28-33,42,47H,5,9-13,15-27H2,1-3H3,(H,43,49).